The van der Waals surface area contributed by atoms with Crippen LogP contribution in [-0.2, 0) is 0 Å². The predicted molar refractivity (Wildman–Crippen MR) is 58.0 cm³/mol. The second-order valence-corrected chi connectivity index (χ2v) is 3.85. The monoisotopic (exact) mass is 207 g/mol. The second kappa shape index (κ2) is 4.13. The molecule has 2 N–H and O–H groups in total. The van der Waals surface area contributed by atoms with Crippen LogP contribution in [0.15, 0.2) is 24.3 Å². The molecule has 2 rings (SSSR count). The highest BCUT2D eigenvalue weighted by Crippen LogP contribution is 2.21. The molecule has 1 aliphatic rings. The number of hydrogen-bond donors (Lipinski definition) is 2. The van der Waals surface area contributed by atoms with Crippen LogP contribution in [0, 0.1) is 12.7 Å². The Morgan fingerprint density at radius 2 is 2.27 bits per heavy atom. The molecular formula is C12H14FNO. The van der Waals surface area contributed by atoms with Crippen molar-refractivity contribution < 1.29 is 9.50 Å². The van der Waals surface area contributed by atoms with Crippen LogP contribution in [-0.4, -0.2) is 24.3 Å². The quantitative estimate of drug-likeness (QED) is 0.731. The van der Waals surface area contributed by atoms with Gasteiger partial charge in [-0.05, 0) is 41.8 Å². The Morgan fingerprint density at radius 1 is 1.47 bits per heavy atom. The molecule has 1 aromatic carbocycles. The molecule has 1 atom stereocenters. The van der Waals surface area contributed by atoms with Gasteiger partial charge in [-0.1, -0.05) is 6.07 Å². The summed E-state index contributed by atoms with van der Waals surface area (Å²) in [7, 11) is 0. The number of aliphatic hydroxyl groups excluding tert-OH is 1. The van der Waals surface area contributed by atoms with E-state index in [4.69, 9.17) is 0 Å². The molecule has 1 aliphatic heterocycles. The molecule has 0 radical (unpaired) electrons. The fraction of sp³-hybridized carbons (Fsp3) is 0.333. The molecule has 80 valence electrons. The highest BCUT2D eigenvalue weighted by molar-refractivity contribution is 5.70. The Balaban J connectivity index is 2.37. The number of rotatable bonds is 1. The summed E-state index contributed by atoms with van der Waals surface area (Å²) in [5.41, 5.74) is 2.94. The molecule has 15 heavy (non-hydrogen) atoms. The number of β-amino-alcohol motifs (C(OH)–C–C–N with tert-alkyl or cyclic N) is 1. The Morgan fingerprint density at radius 3 is 2.93 bits per heavy atom. The van der Waals surface area contributed by atoms with Crippen LogP contribution in [0.1, 0.15) is 11.1 Å². The van der Waals surface area contributed by atoms with E-state index in [2.05, 4.69) is 5.32 Å². The average molecular weight is 207 g/mol. The summed E-state index contributed by atoms with van der Waals surface area (Å²) in [4.78, 5) is 0. The standard InChI is InChI=1S/C12H14FNO/c1-8-4-10(13)2-3-12(8)9-5-11(15)7-14-6-9/h2-5,11,14-15H,6-7H2,1H3. The summed E-state index contributed by atoms with van der Waals surface area (Å²) in [6.45, 7) is 3.19. The van der Waals surface area contributed by atoms with Crippen LogP contribution >= 0.6 is 0 Å². The normalized spacial score (nSPS) is 21.3. The summed E-state index contributed by atoms with van der Waals surface area (Å²) >= 11 is 0. The molecule has 0 saturated carbocycles. The van der Waals surface area contributed by atoms with Crippen molar-refractivity contribution in [2.75, 3.05) is 13.1 Å². The summed E-state index contributed by atoms with van der Waals surface area (Å²) in [6.07, 6.45) is 1.38. The minimum atomic E-state index is -0.446. The van der Waals surface area contributed by atoms with E-state index in [0.717, 1.165) is 23.2 Å². The lowest BCUT2D eigenvalue weighted by atomic mass is 9.97. The van der Waals surface area contributed by atoms with Crippen LogP contribution in [0.2, 0.25) is 0 Å². The first-order valence-corrected chi connectivity index (χ1v) is 5.03. The van der Waals surface area contributed by atoms with E-state index in [1.165, 1.54) is 12.1 Å². The predicted octanol–water partition coefficient (Wildman–Crippen LogP) is 1.48. The lowest BCUT2D eigenvalue weighted by Gasteiger charge is -2.19. The van der Waals surface area contributed by atoms with E-state index >= 15 is 0 Å². The van der Waals surface area contributed by atoms with Gasteiger partial charge in [0.15, 0.2) is 0 Å². The van der Waals surface area contributed by atoms with Gasteiger partial charge < -0.3 is 10.4 Å². The highest BCUT2D eigenvalue weighted by Gasteiger charge is 2.13. The first-order chi connectivity index (χ1) is 7.16. The molecule has 0 amide bonds. The van der Waals surface area contributed by atoms with Crippen molar-refractivity contribution in [2.24, 2.45) is 0 Å². The van der Waals surface area contributed by atoms with Gasteiger partial charge in [0.05, 0.1) is 6.10 Å². The van der Waals surface area contributed by atoms with Crippen LogP contribution < -0.4 is 5.32 Å². The first-order valence-electron chi connectivity index (χ1n) is 5.03. The highest BCUT2D eigenvalue weighted by atomic mass is 19.1. The number of nitrogens with one attached hydrogen (secondary N) is 1. The maximum absolute atomic E-state index is 12.9. The molecule has 0 aliphatic carbocycles. The SMILES string of the molecule is Cc1cc(F)ccc1C1=CC(O)CNC1. The van der Waals surface area contributed by atoms with Crippen molar-refractivity contribution in [1.82, 2.24) is 5.32 Å². The third-order valence-electron chi connectivity index (χ3n) is 2.60. The Bertz CT molecular complexity index is 401. The molecule has 0 bridgehead atoms. The summed E-state index contributed by atoms with van der Waals surface area (Å²) in [5, 5.41) is 12.6. The maximum Gasteiger partial charge on any atom is 0.123 e. The van der Waals surface area contributed by atoms with Gasteiger partial charge in [0, 0.05) is 13.1 Å². The lowest BCUT2D eigenvalue weighted by Crippen LogP contribution is -2.31. The molecule has 0 spiro atoms. The Hall–Kier alpha value is -1.19. The van der Waals surface area contributed by atoms with E-state index in [1.54, 1.807) is 6.07 Å². The number of aliphatic hydroxyl groups is 1. The van der Waals surface area contributed by atoms with E-state index in [9.17, 15) is 9.50 Å². The van der Waals surface area contributed by atoms with Crippen molar-refractivity contribution in [1.29, 1.82) is 0 Å². The molecule has 3 heteroatoms. The van der Waals surface area contributed by atoms with Crippen molar-refractivity contribution in [3.8, 4) is 0 Å². The number of hydrogen-bond acceptors (Lipinski definition) is 2. The van der Waals surface area contributed by atoms with Gasteiger partial charge in [-0.3, -0.25) is 0 Å². The minimum absolute atomic E-state index is 0.221. The molecule has 1 aromatic rings. The zero-order chi connectivity index (χ0) is 10.8. The molecule has 1 heterocycles. The molecule has 0 fully saturated rings. The molecule has 0 saturated heterocycles. The smallest absolute Gasteiger partial charge is 0.123 e. The maximum atomic E-state index is 12.9. The van der Waals surface area contributed by atoms with Crippen molar-refractivity contribution in [2.45, 2.75) is 13.0 Å². The first kappa shape index (κ1) is 10.3. The van der Waals surface area contributed by atoms with Gasteiger partial charge in [-0.25, -0.2) is 4.39 Å². The topological polar surface area (TPSA) is 32.3 Å². The summed E-state index contributed by atoms with van der Waals surface area (Å²) < 4.78 is 12.9. The van der Waals surface area contributed by atoms with Crippen molar-refractivity contribution in [3.63, 3.8) is 0 Å². The second-order valence-electron chi connectivity index (χ2n) is 3.85. The zero-order valence-electron chi connectivity index (χ0n) is 8.63. The van der Waals surface area contributed by atoms with E-state index in [1.807, 2.05) is 13.0 Å². The van der Waals surface area contributed by atoms with Gasteiger partial charge in [-0.15, -0.1) is 0 Å². The number of aryl methyl sites for hydroxylation is 1. The van der Waals surface area contributed by atoms with Crippen LogP contribution in [0.5, 0.6) is 0 Å². The fourth-order valence-electron chi connectivity index (χ4n) is 1.88. The van der Waals surface area contributed by atoms with Crippen molar-refractivity contribution in [3.05, 3.63) is 41.2 Å². The average Bonchev–Trinajstić information content (AvgIpc) is 2.17. The van der Waals surface area contributed by atoms with Gasteiger partial charge in [-0.2, -0.15) is 0 Å². The third kappa shape index (κ3) is 2.25. The lowest BCUT2D eigenvalue weighted by molar-refractivity contribution is 0.217. The van der Waals surface area contributed by atoms with E-state index < -0.39 is 6.10 Å². The van der Waals surface area contributed by atoms with Crippen LogP contribution in [0.4, 0.5) is 4.39 Å². The molecule has 1 unspecified atom stereocenters. The van der Waals surface area contributed by atoms with E-state index in [-0.39, 0.29) is 5.82 Å². The van der Waals surface area contributed by atoms with Crippen LogP contribution in [0.25, 0.3) is 5.57 Å². The van der Waals surface area contributed by atoms with Crippen molar-refractivity contribution >= 4 is 5.57 Å². The zero-order valence-corrected chi connectivity index (χ0v) is 8.63. The molecule has 2 nitrogen and oxygen atoms in total. The van der Waals surface area contributed by atoms with Gasteiger partial charge >= 0.3 is 0 Å². The fourth-order valence-corrected chi connectivity index (χ4v) is 1.88. The van der Waals surface area contributed by atoms with E-state index in [0.29, 0.717) is 6.54 Å². The number of halogens is 1. The van der Waals surface area contributed by atoms with Crippen LogP contribution in [0.3, 0.4) is 0 Å². The summed E-state index contributed by atoms with van der Waals surface area (Å²) in [6, 6.07) is 4.72. The third-order valence-corrected chi connectivity index (χ3v) is 2.60. The molecule has 0 aromatic heterocycles. The largest absolute Gasteiger partial charge is 0.388 e. The van der Waals surface area contributed by atoms with Gasteiger partial charge in [0.1, 0.15) is 5.82 Å². The van der Waals surface area contributed by atoms with Gasteiger partial charge in [0.25, 0.3) is 0 Å². The Kier molecular flexibility index (Phi) is 2.84. The minimum Gasteiger partial charge on any atom is -0.388 e. The summed E-state index contributed by atoms with van der Waals surface area (Å²) in [5.74, 6) is -0.221. The molecular weight excluding hydrogens is 193 g/mol. The number of benzene rings is 1. The van der Waals surface area contributed by atoms with Gasteiger partial charge in [0.2, 0.25) is 0 Å². The Labute approximate surface area is 88.4 Å².